The second kappa shape index (κ2) is 6.01. The van der Waals surface area contributed by atoms with E-state index in [1.807, 2.05) is 39.0 Å². The van der Waals surface area contributed by atoms with Gasteiger partial charge in [-0.25, -0.2) is 0 Å². The molecule has 0 aliphatic heterocycles. The third-order valence-corrected chi connectivity index (χ3v) is 3.83. The fourth-order valence-electron chi connectivity index (χ4n) is 2.24. The number of aryl methyl sites for hydroxylation is 1. The van der Waals surface area contributed by atoms with Gasteiger partial charge in [-0.05, 0) is 31.9 Å². The van der Waals surface area contributed by atoms with Crippen LogP contribution in [0.25, 0.3) is 0 Å². The first-order valence-corrected chi connectivity index (χ1v) is 6.44. The molecule has 1 aromatic carbocycles. The van der Waals surface area contributed by atoms with E-state index in [1.54, 1.807) is 7.11 Å². The van der Waals surface area contributed by atoms with E-state index in [-0.39, 0.29) is 5.78 Å². The SMILES string of the molecule is CCC(CC)(CN)C(=O)c1cc(C)ccc1OC. The summed E-state index contributed by atoms with van der Waals surface area (Å²) in [5.74, 6) is 0.723. The van der Waals surface area contributed by atoms with Crippen LogP contribution in [0.5, 0.6) is 5.75 Å². The van der Waals surface area contributed by atoms with Crippen molar-refractivity contribution in [1.82, 2.24) is 0 Å². The van der Waals surface area contributed by atoms with E-state index in [1.165, 1.54) is 0 Å². The van der Waals surface area contributed by atoms with E-state index >= 15 is 0 Å². The second-order valence-electron chi connectivity index (χ2n) is 4.72. The third kappa shape index (κ3) is 2.56. The predicted molar refractivity (Wildman–Crippen MR) is 74.1 cm³/mol. The first kappa shape index (κ1) is 14.7. The summed E-state index contributed by atoms with van der Waals surface area (Å²) >= 11 is 0. The Bertz CT molecular complexity index is 414. The summed E-state index contributed by atoms with van der Waals surface area (Å²) in [4.78, 5) is 12.7. The minimum Gasteiger partial charge on any atom is -0.496 e. The number of benzene rings is 1. The van der Waals surface area contributed by atoms with Crippen molar-refractivity contribution in [2.75, 3.05) is 13.7 Å². The molecule has 0 fully saturated rings. The van der Waals surface area contributed by atoms with Crippen LogP contribution in [0.3, 0.4) is 0 Å². The van der Waals surface area contributed by atoms with Crippen LogP contribution in [0, 0.1) is 12.3 Å². The van der Waals surface area contributed by atoms with E-state index in [9.17, 15) is 4.79 Å². The summed E-state index contributed by atoms with van der Waals surface area (Å²) in [5.41, 5.74) is 7.06. The Morgan fingerprint density at radius 3 is 2.39 bits per heavy atom. The molecule has 0 amide bonds. The highest BCUT2D eigenvalue weighted by molar-refractivity contribution is 6.03. The number of hydrogen-bond donors (Lipinski definition) is 1. The van der Waals surface area contributed by atoms with E-state index in [2.05, 4.69) is 0 Å². The Morgan fingerprint density at radius 1 is 1.33 bits per heavy atom. The van der Waals surface area contributed by atoms with Gasteiger partial charge in [0.05, 0.1) is 12.7 Å². The van der Waals surface area contributed by atoms with Crippen molar-refractivity contribution in [1.29, 1.82) is 0 Å². The zero-order valence-electron chi connectivity index (χ0n) is 11.7. The van der Waals surface area contributed by atoms with Gasteiger partial charge in [0.1, 0.15) is 5.75 Å². The molecule has 1 rings (SSSR count). The lowest BCUT2D eigenvalue weighted by molar-refractivity contribution is 0.0784. The molecule has 0 aliphatic rings. The lowest BCUT2D eigenvalue weighted by Gasteiger charge is -2.29. The van der Waals surface area contributed by atoms with E-state index in [4.69, 9.17) is 10.5 Å². The van der Waals surface area contributed by atoms with Gasteiger partial charge in [0.15, 0.2) is 5.78 Å². The molecule has 3 heteroatoms. The number of methoxy groups -OCH3 is 1. The highest BCUT2D eigenvalue weighted by Crippen LogP contribution is 2.33. The molecule has 0 saturated heterocycles. The minimum absolute atomic E-state index is 0.0931. The molecule has 0 aromatic heterocycles. The molecular formula is C15H23NO2. The van der Waals surface area contributed by atoms with Gasteiger partial charge in [-0.3, -0.25) is 4.79 Å². The maximum Gasteiger partial charge on any atom is 0.173 e. The first-order valence-electron chi connectivity index (χ1n) is 6.44. The molecule has 100 valence electrons. The molecule has 0 atom stereocenters. The van der Waals surface area contributed by atoms with Crippen LogP contribution in [0.1, 0.15) is 42.6 Å². The molecule has 0 heterocycles. The predicted octanol–water partition coefficient (Wildman–Crippen LogP) is 2.95. The number of ketones is 1. The number of ether oxygens (including phenoxy) is 1. The summed E-state index contributed by atoms with van der Waals surface area (Å²) in [6, 6.07) is 5.67. The lowest BCUT2D eigenvalue weighted by atomic mass is 9.75. The highest BCUT2D eigenvalue weighted by Gasteiger charge is 2.35. The molecule has 18 heavy (non-hydrogen) atoms. The smallest absolute Gasteiger partial charge is 0.173 e. The van der Waals surface area contributed by atoms with E-state index in [0.29, 0.717) is 17.9 Å². The van der Waals surface area contributed by atoms with Gasteiger partial charge in [0, 0.05) is 12.0 Å². The standard InChI is InChI=1S/C15H23NO2/c1-5-15(6-2,10-16)14(17)12-9-11(3)7-8-13(12)18-4/h7-9H,5-6,10,16H2,1-4H3. The van der Waals surface area contributed by atoms with Crippen molar-refractivity contribution in [2.24, 2.45) is 11.1 Å². The van der Waals surface area contributed by atoms with Crippen molar-refractivity contribution in [3.8, 4) is 5.75 Å². The average Bonchev–Trinajstić information content (AvgIpc) is 2.41. The molecule has 0 unspecified atom stereocenters. The van der Waals surface area contributed by atoms with Gasteiger partial charge in [0.2, 0.25) is 0 Å². The van der Waals surface area contributed by atoms with Gasteiger partial charge in [-0.15, -0.1) is 0 Å². The number of nitrogens with two attached hydrogens (primary N) is 1. The molecule has 0 aliphatic carbocycles. The quantitative estimate of drug-likeness (QED) is 0.789. The van der Waals surface area contributed by atoms with Crippen molar-refractivity contribution in [3.63, 3.8) is 0 Å². The Labute approximate surface area is 109 Å². The van der Waals surface area contributed by atoms with E-state index in [0.717, 1.165) is 18.4 Å². The first-order chi connectivity index (χ1) is 8.54. The monoisotopic (exact) mass is 249 g/mol. The van der Waals surface area contributed by atoms with Crippen molar-refractivity contribution < 1.29 is 9.53 Å². The maximum atomic E-state index is 12.7. The summed E-state index contributed by atoms with van der Waals surface area (Å²) < 4.78 is 5.29. The molecule has 0 saturated carbocycles. The fourth-order valence-corrected chi connectivity index (χ4v) is 2.24. The fraction of sp³-hybridized carbons (Fsp3) is 0.533. The lowest BCUT2D eigenvalue weighted by Crippen LogP contribution is -2.37. The molecule has 0 bridgehead atoms. The van der Waals surface area contributed by atoms with Gasteiger partial charge < -0.3 is 10.5 Å². The van der Waals surface area contributed by atoms with Crippen LogP contribution >= 0.6 is 0 Å². The average molecular weight is 249 g/mol. The van der Waals surface area contributed by atoms with Gasteiger partial charge >= 0.3 is 0 Å². The van der Waals surface area contributed by atoms with Gasteiger partial charge in [0.25, 0.3) is 0 Å². The van der Waals surface area contributed by atoms with Crippen LogP contribution in [-0.2, 0) is 0 Å². The second-order valence-corrected chi connectivity index (χ2v) is 4.72. The zero-order chi connectivity index (χ0) is 13.8. The Hall–Kier alpha value is -1.35. The van der Waals surface area contributed by atoms with E-state index < -0.39 is 5.41 Å². The number of hydrogen-bond acceptors (Lipinski definition) is 3. The zero-order valence-corrected chi connectivity index (χ0v) is 11.7. The summed E-state index contributed by atoms with van der Waals surface area (Å²) in [6.07, 6.45) is 1.49. The molecule has 0 spiro atoms. The van der Waals surface area contributed by atoms with Crippen molar-refractivity contribution >= 4 is 5.78 Å². The van der Waals surface area contributed by atoms with Crippen LogP contribution in [0.4, 0.5) is 0 Å². The van der Waals surface area contributed by atoms with Crippen LogP contribution in [0.15, 0.2) is 18.2 Å². The normalized spacial score (nSPS) is 11.4. The number of rotatable bonds is 6. The number of carbonyl (C=O) groups excluding carboxylic acids is 1. The molecule has 0 radical (unpaired) electrons. The number of carbonyl (C=O) groups is 1. The Balaban J connectivity index is 3.28. The van der Waals surface area contributed by atoms with Crippen molar-refractivity contribution in [2.45, 2.75) is 33.6 Å². The van der Waals surface area contributed by atoms with Crippen molar-refractivity contribution in [3.05, 3.63) is 29.3 Å². The summed E-state index contributed by atoms with van der Waals surface area (Å²) in [7, 11) is 1.59. The Morgan fingerprint density at radius 2 is 1.94 bits per heavy atom. The minimum atomic E-state index is -0.471. The Kier molecular flexibility index (Phi) is 4.91. The van der Waals surface area contributed by atoms with Gasteiger partial charge in [-0.1, -0.05) is 25.5 Å². The van der Waals surface area contributed by atoms with Crippen LogP contribution in [0.2, 0.25) is 0 Å². The largest absolute Gasteiger partial charge is 0.496 e. The van der Waals surface area contributed by atoms with Crippen LogP contribution < -0.4 is 10.5 Å². The third-order valence-electron chi connectivity index (χ3n) is 3.83. The topological polar surface area (TPSA) is 52.3 Å². The highest BCUT2D eigenvalue weighted by atomic mass is 16.5. The molecule has 2 N–H and O–H groups in total. The summed E-state index contributed by atoms with van der Waals surface area (Å²) in [5, 5.41) is 0. The molecule has 3 nitrogen and oxygen atoms in total. The van der Waals surface area contributed by atoms with Gasteiger partial charge in [-0.2, -0.15) is 0 Å². The molecular weight excluding hydrogens is 226 g/mol. The summed E-state index contributed by atoms with van der Waals surface area (Å²) in [6.45, 7) is 6.36. The molecule has 1 aromatic rings. The maximum absolute atomic E-state index is 12.7. The van der Waals surface area contributed by atoms with Crippen LogP contribution in [-0.4, -0.2) is 19.4 Å². The number of Topliss-reactive ketones (excluding diaryl/α,β-unsaturated/α-hetero) is 1.